The number of benzene rings is 1. The molecular weight excluding hydrogens is 276 g/mol. The number of thioether (sulfide) groups is 1. The second kappa shape index (κ2) is 4.69. The van der Waals surface area contributed by atoms with Gasteiger partial charge in [-0.25, -0.2) is 4.79 Å². The summed E-state index contributed by atoms with van der Waals surface area (Å²) >= 11 is 3.34. The van der Waals surface area contributed by atoms with Gasteiger partial charge in [-0.2, -0.15) is 0 Å². The number of rotatable bonds is 2. The molecule has 0 atom stereocenters. The van der Waals surface area contributed by atoms with E-state index in [9.17, 15) is 4.79 Å². The Bertz CT molecular complexity index is 710. The van der Waals surface area contributed by atoms with E-state index in [1.54, 1.807) is 23.1 Å². The van der Waals surface area contributed by atoms with Crippen LogP contribution in [0.3, 0.4) is 0 Å². The summed E-state index contributed by atoms with van der Waals surface area (Å²) in [4.78, 5) is 13.2. The van der Waals surface area contributed by atoms with Crippen LogP contribution in [-0.4, -0.2) is 12.2 Å². The summed E-state index contributed by atoms with van der Waals surface area (Å²) in [5.41, 5.74) is 4.21. The van der Waals surface area contributed by atoms with Gasteiger partial charge in [-0.15, -0.1) is 23.1 Å². The minimum absolute atomic E-state index is 0.182. The number of carbonyl (C=O) groups is 1. The molecule has 0 bridgehead atoms. The minimum Gasteiger partial charge on any atom is -0.457 e. The lowest BCUT2D eigenvalue weighted by molar-refractivity contribution is 0.0536. The molecular formula is C15H14O2S2. The van der Waals surface area contributed by atoms with Crippen molar-refractivity contribution in [3.8, 4) is 0 Å². The molecule has 1 aliphatic rings. The molecule has 0 unspecified atom stereocenters. The predicted octanol–water partition coefficient (Wildman–Crippen LogP) is 4.60. The molecule has 0 N–H and O–H groups in total. The Labute approximate surface area is 120 Å². The Kier molecular flexibility index (Phi) is 3.15. The van der Waals surface area contributed by atoms with Crippen LogP contribution in [0.4, 0.5) is 0 Å². The van der Waals surface area contributed by atoms with E-state index < -0.39 is 0 Å². The molecule has 3 rings (SSSR count). The Morgan fingerprint density at radius 3 is 3.05 bits per heavy atom. The van der Waals surface area contributed by atoms with Gasteiger partial charge in [0.25, 0.3) is 0 Å². The molecule has 4 heteroatoms. The first-order valence-electron chi connectivity index (χ1n) is 6.05. The third kappa shape index (κ3) is 1.90. The number of allylic oxidation sites excluding steroid dienone is 1. The van der Waals surface area contributed by atoms with Gasteiger partial charge >= 0.3 is 5.97 Å². The number of carbonyl (C=O) groups excluding carboxylic acids is 1. The molecule has 1 aromatic carbocycles. The normalized spacial score (nSPS) is 14.9. The Morgan fingerprint density at radius 2 is 2.32 bits per heavy atom. The molecule has 0 saturated carbocycles. The average molecular weight is 290 g/mol. The maximum Gasteiger partial charge on any atom is 0.340 e. The third-order valence-electron chi connectivity index (χ3n) is 3.55. The van der Waals surface area contributed by atoms with Gasteiger partial charge in [-0.3, -0.25) is 0 Å². The lowest BCUT2D eigenvalue weighted by Crippen LogP contribution is -1.97. The molecule has 19 heavy (non-hydrogen) atoms. The third-order valence-corrected chi connectivity index (χ3v) is 5.24. The van der Waals surface area contributed by atoms with Gasteiger partial charge in [0.15, 0.2) is 0 Å². The highest BCUT2D eigenvalue weighted by Crippen LogP contribution is 2.39. The molecule has 98 valence electrons. The van der Waals surface area contributed by atoms with E-state index in [0.717, 1.165) is 21.4 Å². The van der Waals surface area contributed by atoms with Crippen LogP contribution in [0.1, 0.15) is 34.0 Å². The van der Waals surface area contributed by atoms with Crippen molar-refractivity contribution in [2.45, 2.75) is 20.5 Å². The average Bonchev–Trinajstić information content (AvgIpc) is 3.00. The van der Waals surface area contributed by atoms with E-state index in [1.807, 2.05) is 5.38 Å². The standard InChI is InChI=1S/C15H14O2S2/c1-8(18-3)6-11-9(2)10-4-5-19-14(10)13-12(11)7-17-15(13)16/h4-6H,7H2,1-3H3/b8-6+. The second-order valence-electron chi connectivity index (χ2n) is 4.59. The first-order chi connectivity index (χ1) is 9.13. The smallest absolute Gasteiger partial charge is 0.340 e. The highest BCUT2D eigenvalue weighted by Gasteiger charge is 2.28. The summed E-state index contributed by atoms with van der Waals surface area (Å²) < 4.78 is 6.31. The SMILES string of the molecule is CS/C(C)=C/c1c2c(c3sccc3c1C)C(=O)OC2. The van der Waals surface area contributed by atoms with Crippen LogP contribution in [-0.2, 0) is 11.3 Å². The maximum atomic E-state index is 12.0. The quantitative estimate of drug-likeness (QED) is 0.756. The van der Waals surface area contributed by atoms with Crippen LogP contribution in [0.25, 0.3) is 16.2 Å². The summed E-state index contributed by atoms with van der Waals surface area (Å²) in [6, 6.07) is 2.09. The van der Waals surface area contributed by atoms with Crippen molar-refractivity contribution in [3.63, 3.8) is 0 Å². The van der Waals surface area contributed by atoms with Crippen molar-refractivity contribution in [1.82, 2.24) is 0 Å². The topological polar surface area (TPSA) is 26.3 Å². The van der Waals surface area contributed by atoms with E-state index >= 15 is 0 Å². The van der Waals surface area contributed by atoms with E-state index in [2.05, 4.69) is 32.2 Å². The van der Waals surface area contributed by atoms with Crippen molar-refractivity contribution < 1.29 is 9.53 Å². The van der Waals surface area contributed by atoms with Gasteiger partial charge in [0.2, 0.25) is 0 Å². The summed E-state index contributed by atoms with van der Waals surface area (Å²) in [6.07, 6.45) is 4.23. The molecule has 2 nitrogen and oxygen atoms in total. The summed E-state index contributed by atoms with van der Waals surface area (Å²) in [5, 5.41) is 3.21. The fourth-order valence-electron chi connectivity index (χ4n) is 2.47. The van der Waals surface area contributed by atoms with Gasteiger partial charge < -0.3 is 4.74 Å². The lowest BCUT2D eigenvalue weighted by atomic mass is 9.95. The van der Waals surface area contributed by atoms with Crippen LogP contribution in [0.2, 0.25) is 0 Å². The van der Waals surface area contributed by atoms with Gasteiger partial charge in [-0.05, 0) is 59.0 Å². The number of thiophene rings is 1. The van der Waals surface area contributed by atoms with Crippen LogP contribution < -0.4 is 0 Å². The number of hydrogen-bond donors (Lipinski definition) is 0. The summed E-state index contributed by atoms with van der Waals surface area (Å²) in [5.74, 6) is -0.182. The first kappa shape index (κ1) is 12.8. The number of hydrogen-bond acceptors (Lipinski definition) is 4. The van der Waals surface area contributed by atoms with E-state index in [4.69, 9.17) is 4.74 Å². The van der Waals surface area contributed by atoms with Gasteiger partial charge in [-0.1, -0.05) is 0 Å². The Balaban J connectivity index is 2.39. The zero-order valence-corrected chi connectivity index (χ0v) is 12.7. The number of cyclic esters (lactones) is 1. The predicted molar refractivity (Wildman–Crippen MR) is 82.8 cm³/mol. The summed E-state index contributed by atoms with van der Waals surface area (Å²) in [6.45, 7) is 4.61. The summed E-state index contributed by atoms with van der Waals surface area (Å²) in [7, 11) is 0. The van der Waals surface area contributed by atoms with Crippen LogP contribution in [0.5, 0.6) is 0 Å². The van der Waals surface area contributed by atoms with Gasteiger partial charge in [0.05, 0.1) is 5.56 Å². The molecule has 0 spiro atoms. The Morgan fingerprint density at radius 1 is 1.53 bits per heavy atom. The zero-order valence-electron chi connectivity index (χ0n) is 11.1. The number of esters is 1. The van der Waals surface area contributed by atoms with E-state index in [1.165, 1.54) is 15.9 Å². The molecule has 1 aromatic heterocycles. The van der Waals surface area contributed by atoms with Crippen LogP contribution >= 0.6 is 23.1 Å². The molecule has 0 radical (unpaired) electrons. The van der Waals surface area contributed by atoms with Crippen LogP contribution in [0, 0.1) is 6.92 Å². The molecule has 0 amide bonds. The number of ether oxygens (including phenoxy) is 1. The van der Waals surface area contributed by atoms with E-state index in [-0.39, 0.29) is 5.97 Å². The van der Waals surface area contributed by atoms with Gasteiger partial charge in [0, 0.05) is 10.3 Å². The van der Waals surface area contributed by atoms with Crippen LogP contribution in [0.15, 0.2) is 16.4 Å². The molecule has 0 aliphatic carbocycles. The van der Waals surface area contributed by atoms with E-state index in [0.29, 0.717) is 6.61 Å². The van der Waals surface area contributed by atoms with Crippen molar-refractivity contribution in [1.29, 1.82) is 0 Å². The first-order valence-corrected chi connectivity index (χ1v) is 8.16. The maximum absolute atomic E-state index is 12.0. The number of fused-ring (bicyclic) bond motifs is 3. The Hall–Kier alpha value is -1.26. The second-order valence-corrected chi connectivity index (χ2v) is 6.56. The fourth-order valence-corrected chi connectivity index (χ4v) is 3.72. The van der Waals surface area contributed by atoms with Crippen molar-refractivity contribution >= 4 is 45.2 Å². The highest BCUT2D eigenvalue weighted by atomic mass is 32.2. The zero-order chi connectivity index (χ0) is 13.6. The highest BCUT2D eigenvalue weighted by molar-refractivity contribution is 8.02. The van der Waals surface area contributed by atoms with Crippen molar-refractivity contribution in [2.75, 3.05) is 6.26 Å². The fraction of sp³-hybridized carbons (Fsp3) is 0.267. The monoisotopic (exact) mass is 290 g/mol. The largest absolute Gasteiger partial charge is 0.457 e. The lowest BCUT2D eigenvalue weighted by Gasteiger charge is -2.09. The molecule has 2 aromatic rings. The minimum atomic E-state index is -0.182. The van der Waals surface area contributed by atoms with Crippen molar-refractivity contribution in [3.05, 3.63) is 38.6 Å². The van der Waals surface area contributed by atoms with Gasteiger partial charge in [0.1, 0.15) is 6.61 Å². The molecule has 2 heterocycles. The number of aryl methyl sites for hydroxylation is 1. The molecule has 0 fully saturated rings. The van der Waals surface area contributed by atoms with Crippen molar-refractivity contribution in [2.24, 2.45) is 0 Å². The molecule has 0 saturated heterocycles. The molecule has 1 aliphatic heterocycles.